The second-order valence-corrected chi connectivity index (χ2v) is 4.18. The molecule has 0 aliphatic carbocycles. The molecule has 0 bridgehead atoms. The summed E-state index contributed by atoms with van der Waals surface area (Å²) in [6.07, 6.45) is 0.589. The van der Waals surface area contributed by atoms with Gasteiger partial charge in [0.25, 0.3) is 0 Å². The molecule has 0 aliphatic heterocycles. The molecule has 19 heavy (non-hydrogen) atoms. The third-order valence-electron chi connectivity index (χ3n) is 2.78. The summed E-state index contributed by atoms with van der Waals surface area (Å²) >= 11 is 0. The van der Waals surface area contributed by atoms with E-state index >= 15 is 0 Å². The molecule has 0 saturated carbocycles. The highest BCUT2D eigenvalue weighted by Gasteiger charge is 2.10. The topological polar surface area (TPSA) is 86.2 Å². The number of nitrogens with two attached hydrogens (primary N) is 1. The maximum absolute atomic E-state index is 5.43. The Kier molecular flexibility index (Phi) is 4.35. The average Bonchev–Trinajstić information content (AvgIpc) is 2.86. The number of rotatable bonds is 6. The molecule has 0 amide bonds. The second kappa shape index (κ2) is 6.19. The average molecular weight is 262 g/mol. The van der Waals surface area contributed by atoms with E-state index in [2.05, 4.69) is 15.5 Å². The quantitative estimate of drug-likeness (QED) is 0.824. The predicted molar refractivity (Wildman–Crippen MR) is 72.1 cm³/mol. The molecule has 1 aromatic carbocycles. The highest BCUT2D eigenvalue weighted by atomic mass is 16.5. The van der Waals surface area contributed by atoms with Crippen LogP contribution in [0.2, 0.25) is 0 Å². The Morgan fingerprint density at radius 3 is 2.68 bits per heavy atom. The van der Waals surface area contributed by atoms with E-state index in [-0.39, 0.29) is 6.04 Å². The lowest BCUT2D eigenvalue weighted by atomic mass is 10.1. The Morgan fingerprint density at radius 2 is 2.05 bits per heavy atom. The molecule has 1 atom stereocenters. The number of aromatic nitrogens is 2. The summed E-state index contributed by atoms with van der Waals surface area (Å²) in [4.78, 5) is 0. The number of ether oxygens (including phenoxy) is 1. The van der Waals surface area contributed by atoms with Crippen LogP contribution in [-0.4, -0.2) is 23.9 Å². The Labute approximate surface area is 112 Å². The summed E-state index contributed by atoms with van der Waals surface area (Å²) in [5.74, 6) is 1.38. The Morgan fingerprint density at radius 1 is 1.32 bits per heavy atom. The van der Waals surface area contributed by atoms with Crippen molar-refractivity contribution in [3.05, 3.63) is 35.7 Å². The molecule has 2 rings (SSSR count). The first kappa shape index (κ1) is 13.4. The standard InChI is InChI=1S/C13H18N4O2/c1-9(10-3-5-11(18-2)6-4-10)15-13-17-16-12(19-13)7-8-14/h3-6,9H,7-8,14H2,1-2H3,(H,15,17). The number of nitrogens with zero attached hydrogens (tertiary/aromatic N) is 2. The second-order valence-electron chi connectivity index (χ2n) is 4.18. The number of anilines is 1. The first-order valence-corrected chi connectivity index (χ1v) is 6.16. The van der Waals surface area contributed by atoms with Crippen molar-refractivity contribution in [3.63, 3.8) is 0 Å². The van der Waals surface area contributed by atoms with Crippen molar-refractivity contribution in [2.75, 3.05) is 19.0 Å². The van der Waals surface area contributed by atoms with Crippen LogP contribution in [0.5, 0.6) is 5.75 Å². The SMILES string of the molecule is COc1ccc(C(C)Nc2nnc(CCN)o2)cc1. The van der Waals surface area contributed by atoms with Crippen LogP contribution in [0.25, 0.3) is 0 Å². The van der Waals surface area contributed by atoms with Crippen LogP contribution in [0.4, 0.5) is 6.01 Å². The summed E-state index contributed by atoms with van der Waals surface area (Å²) in [7, 11) is 1.65. The van der Waals surface area contributed by atoms with Gasteiger partial charge >= 0.3 is 6.01 Å². The number of methoxy groups -OCH3 is 1. The zero-order chi connectivity index (χ0) is 13.7. The highest BCUT2D eigenvalue weighted by molar-refractivity contribution is 5.33. The van der Waals surface area contributed by atoms with E-state index < -0.39 is 0 Å². The fourth-order valence-corrected chi connectivity index (χ4v) is 1.70. The third kappa shape index (κ3) is 3.45. The zero-order valence-corrected chi connectivity index (χ0v) is 11.1. The molecule has 0 saturated heterocycles. The first-order chi connectivity index (χ1) is 9.22. The Hall–Kier alpha value is -2.08. The molecule has 1 unspecified atom stereocenters. The van der Waals surface area contributed by atoms with E-state index in [9.17, 15) is 0 Å². The molecular formula is C13H18N4O2. The van der Waals surface area contributed by atoms with Gasteiger partial charge in [0.05, 0.1) is 13.2 Å². The van der Waals surface area contributed by atoms with E-state index in [0.29, 0.717) is 24.9 Å². The van der Waals surface area contributed by atoms with Crippen molar-refractivity contribution in [2.45, 2.75) is 19.4 Å². The molecule has 0 aliphatic rings. The van der Waals surface area contributed by atoms with Gasteiger partial charge in [-0.15, -0.1) is 5.10 Å². The van der Waals surface area contributed by atoms with E-state index in [1.807, 2.05) is 31.2 Å². The monoisotopic (exact) mass is 262 g/mol. The number of nitrogens with one attached hydrogen (secondary N) is 1. The van der Waals surface area contributed by atoms with Crippen molar-refractivity contribution in [2.24, 2.45) is 5.73 Å². The summed E-state index contributed by atoms with van der Waals surface area (Å²) in [6, 6.07) is 8.30. The van der Waals surface area contributed by atoms with E-state index in [1.165, 1.54) is 0 Å². The molecule has 6 heteroatoms. The van der Waals surface area contributed by atoms with Gasteiger partial charge in [-0.25, -0.2) is 0 Å². The van der Waals surface area contributed by atoms with Gasteiger partial charge in [0.1, 0.15) is 5.75 Å². The number of benzene rings is 1. The van der Waals surface area contributed by atoms with Crippen LogP contribution in [0.1, 0.15) is 24.4 Å². The normalized spacial score (nSPS) is 12.2. The van der Waals surface area contributed by atoms with Crippen LogP contribution in [0.15, 0.2) is 28.7 Å². The van der Waals surface area contributed by atoms with Gasteiger partial charge in [0.15, 0.2) is 0 Å². The third-order valence-corrected chi connectivity index (χ3v) is 2.78. The Balaban J connectivity index is 2.00. The molecule has 0 fully saturated rings. The van der Waals surface area contributed by atoms with Gasteiger partial charge in [-0.2, -0.15) is 0 Å². The summed E-state index contributed by atoms with van der Waals surface area (Å²) in [5.41, 5.74) is 6.54. The van der Waals surface area contributed by atoms with Gasteiger partial charge in [0.2, 0.25) is 5.89 Å². The van der Waals surface area contributed by atoms with Crippen LogP contribution in [0.3, 0.4) is 0 Å². The van der Waals surface area contributed by atoms with Crippen molar-refractivity contribution in [3.8, 4) is 5.75 Å². The first-order valence-electron chi connectivity index (χ1n) is 6.16. The lowest BCUT2D eigenvalue weighted by Gasteiger charge is -2.12. The van der Waals surface area contributed by atoms with Crippen LogP contribution < -0.4 is 15.8 Å². The summed E-state index contributed by atoms with van der Waals surface area (Å²) < 4.78 is 10.5. The number of hydrogen-bond acceptors (Lipinski definition) is 6. The fourth-order valence-electron chi connectivity index (χ4n) is 1.70. The van der Waals surface area contributed by atoms with E-state index in [0.717, 1.165) is 11.3 Å². The van der Waals surface area contributed by atoms with Crippen LogP contribution in [0, 0.1) is 0 Å². The lowest BCUT2D eigenvalue weighted by molar-refractivity contribution is 0.414. The van der Waals surface area contributed by atoms with Crippen molar-refractivity contribution >= 4 is 6.01 Å². The van der Waals surface area contributed by atoms with Crippen molar-refractivity contribution in [1.82, 2.24) is 10.2 Å². The lowest BCUT2D eigenvalue weighted by Crippen LogP contribution is -2.06. The maximum atomic E-state index is 5.43. The Bertz CT molecular complexity index is 510. The molecule has 6 nitrogen and oxygen atoms in total. The van der Waals surface area contributed by atoms with Crippen molar-refractivity contribution < 1.29 is 9.15 Å². The molecule has 2 aromatic rings. The molecule has 1 heterocycles. The molecule has 3 N–H and O–H groups in total. The highest BCUT2D eigenvalue weighted by Crippen LogP contribution is 2.20. The molecule has 102 valence electrons. The number of hydrogen-bond donors (Lipinski definition) is 2. The predicted octanol–water partition coefficient (Wildman–Crippen LogP) is 1.75. The smallest absolute Gasteiger partial charge is 0.315 e. The fraction of sp³-hybridized carbons (Fsp3) is 0.385. The molecule has 0 spiro atoms. The van der Waals surface area contributed by atoms with Gasteiger partial charge in [-0.1, -0.05) is 17.2 Å². The minimum Gasteiger partial charge on any atom is -0.497 e. The van der Waals surface area contributed by atoms with Gasteiger partial charge in [0, 0.05) is 13.0 Å². The molecule has 0 radical (unpaired) electrons. The van der Waals surface area contributed by atoms with Gasteiger partial charge < -0.3 is 20.2 Å². The van der Waals surface area contributed by atoms with Crippen LogP contribution in [-0.2, 0) is 6.42 Å². The molecular weight excluding hydrogens is 244 g/mol. The summed E-state index contributed by atoms with van der Waals surface area (Å²) in [5, 5.41) is 11.0. The summed E-state index contributed by atoms with van der Waals surface area (Å²) in [6.45, 7) is 2.52. The zero-order valence-electron chi connectivity index (χ0n) is 11.1. The molecule has 1 aromatic heterocycles. The minimum atomic E-state index is 0.0667. The van der Waals surface area contributed by atoms with Crippen LogP contribution >= 0.6 is 0 Å². The van der Waals surface area contributed by atoms with Crippen molar-refractivity contribution in [1.29, 1.82) is 0 Å². The van der Waals surface area contributed by atoms with Gasteiger partial charge in [-0.3, -0.25) is 0 Å². The van der Waals surface area contributed by atoms with E-state index in [4.69, 9.17) is 14.9 Å². The van der Waals surface area contributed by atoms with E-state index in [1.54, 1.807) is 7.11 Å². The van der Waals surface area contributed by atoms with Gasteiger partial charge in [-0.05, 0) is 24.6 Å². The minimum absolute atomic E-state index is 0.0667. The largest absolute Gasteiger partial charge is 0.497 e. The maximum Gasteiger partial charge on any atom is 0.315 e.